The van der Waals surface area contributed by atoms with Crippen LogP contribution < -0.4 is 5.32 Å². The van der Waals surface area contributed by atoms with Crippen molar-refractivity contribution in [1.29, 1.82) is 0 Å². The van der Waals surface area contributed by atoms with Crippen molar-refractivity contribution >= 4 is 12.0 Å². The number of nitrogens with zero attached hydrogens (tertiary/aromatic N) is 1. The number of carboxylic acid groups (broad SMARTS) is 1. The van der Waals surface area contributed by atoms with Gasteiger partial charge in [0.2, 0.25) is 0 Å². The number of hydrogen-bond donors (Lipinski definition) is 2. The van der Waals surface area contributed by atoms with E-state index in [0.717, 1.165) is 18.4 Å². The van der Waals surface area contributed by atoms with Crippen LogP contribution in [0.1, 0.15) is 32.3 Å². The van der Waals surface area contributed by atoms with Gasteiger partial charge in [0, 0.05) is 19.5 Å². The fourth-order valence-electron chi connectivity index (χ4n) is 2.14. The first-order valence-corrected chi connectivity index (χ1v) is 7.40. The van der Waals surface area contributed by atoms with Crippen LogP contribution in [0.2, 0.25) is 0 Å². The number of rotatable bonds is 8. The quantitative estimate of drug-likeness (QED) is 0.773. The zero-order valence-electron chi connectivity index (χ0n) is 12.7. The average molecular weight is 292 g/mol. The maximum atomic E-state index is 12.2. The van der Waals surface area contributed by atoms with Gasteiger partial charge in [-0.15, -0.1) is 0 Å². The van der Waals surface area contributed by atoms with Crippen molar-refractivity contribution < 1.29 is 14.7 Å². The summed E-state index contributed by atoms with van der Waals surface area (Å²) in [5.41, 5.74) is 0.891. The second-order valence-corrected chi connectivity index (χ2v) is 5.02. The summed E-state index contributed by atoms with van der Waals surface area (Å²) < 4.78 is 0. The van der Waals surface area contributed by atoms with Crippen LogP contribution in [0.15, 0.2) is 30.3 Å². The van der Waals surface area contributed by atoms with Gasteiger partial charge in [-0.05, 0) is 18.4 Å². The molecule has 1 atom stereocenters. The maximum Gasteiger partial charge on any atom is 0.326 e. The molecule has 0 spiro atoms. The number of amides is 2. The normalized spacial score (nSPS) is 11.7. The molecule has 0 aliphatic rings. The summed E-state index contributed by atoms with van der Waals surface area (Å²) >= 11 is 0. The molecular formula is C16H24N2O3. The van der Waals surface area contributed by atoms with Crippen LogP contribution in [-0.2, 0) is 11.2 Å². The number of carboxylic acids is 1. The van der Waals surface area contributed by atoms with E-state index in [1.807, 2.05) is 44.2 Å². The predicted molar refractivity (Wildman–Crippen MR) is 82.3 cm³/mol. The predicted octanol–water partition coefficient (Wildman–Crippen LogP) is 2.51. The number of nitrogens with one attached hydrogen (secondary N) is 1. The van der Waals surface area contributed by atoms with E-state index >= 15 is 0 Å². The van der Waals surface area contributed by atoms with Crippen molar-refractivity contribution in [3.05, 3.63) is 35.9 Å². The zero-order chi connectivity index (χ0) is 15.7. The van der Waals surface area contributed by atoms with Gasteiger partial charge in [-0.3, -0.25) is 0 Å². The van der Waals surface area contributed by atoms with Gasteiger partial charge in [0.05, 0.1) is 0 Å². The summed E-state index contributed by atoms with van der Waals surface area (Å²) in [7, 11) is 0. The molecule has 1 aromatic carbocycles. The van der Waals surface area contributed by atoms with Gasteiger partial charge in [-0.2, -0.15) is 0 Å². The Morgan fingerprint density at radius 1 is 1.14 bits per heavy atom. The smallest absolute Gasteiger partial charge is 0.326 e. The second-order valence-electron chi connectivity index (χ2n) is 5.02. The molecule has 0 fully saturated rings. The summed E-state index contributed by atoms with van der Waals surface area (Å²) in [4.78, 5) is 25.2. The van der Waals surface area contributed by atoms with Crippen LogP contribution in [0, 0.1) is 0 Å². The topological polar surface area (TPSA) is 69.6 Å². The lowest BCUT2D eigenvalue weighted by molar-refractivity contribution is -0.139. The maximum absolute atomic E-state index is 12.2. The molecule has 0 radical (unpaired) electrons. The van der Waals surface area contributed by atoms with Crippen molar-refractivity contribution in [2.24, 2.45) is 0 Å². The van der Waals surface area contributed by atoms with Gasteiger partial charge in [-0.25, -0.2) is 9.59 Å². The molecule has 1 rings (SSSR count). The molecule has 0 saturated carbocycles. The molecule has 1 aromatic rings. The highest BCUT2D eigenvalue weighted by atomic mass is 16.4. The third kappa shape index (κ3) is 5.85. The lowest BCUT2D eigenvalue weighted by atomic mass is 10.1. The Bertz CT molecular complexity index is 442. The fraction of sp³-hybridized carbons (Fsp3) is 0.500. The first kappa shape index (κ1) is 17.0. The molecule has 5 heteroatoms. The Kier molecular flexibility index (Phi) is 7.29. The minimum absolute atomic E-state index is 0.286. The molecular weight excluding hydrogens is 268 g/mol. The third-order valence-electron chi connectivity index (χ3n) is 3.15. The lowest BCUT2D eigenvalue weighted by Crippen LogP contribution is -2.49. The Morgan fingerprint density at radius 3 is 2.19 bits per heavy atom. The standard InChI is InChI=1S/C16H24N2O3/c1-3-10-18(11-4-2)16(21)17-14(15(19)20)12-13-8-6-5-7-9-13/h5-9,14H,3-4,10-12H2,1-2H3,(H,17,21)(H,19,20). The Hall–Kier alpha value is -2.04. The number of aliphatic carboxylic acids is 1. The third-order valence-corrected chi connectivity index (χ3v) is 3.15. The van der Waals surface area contributed by atoms with E-state index in [4.69, 9.17) is 0 Å². The van der Waals surface area contributed by atoms with E-state index < -0.39 is 12.0 Å². The summed E-state index contributed by atoms with van der Waals surface area (Å²) in [6.45, 7) is 5.26. The van der Waals surface area contributed by atoms with Crippen LogP contribution in [0.25, 0.3) is 0 Å². The number of carbonyl (C=O) groups excluding carboxylic acids is 1. The summed E-state index contributed by atoms with van der Waals surface area (Å²) in [5, 5.41) is 11.9. The Morgan fingerprint density at radius 2 is 1.71 bits per heavy atom. The largest absolute Gasteiger partial charge is 0.480 e. The van der Waals surface area contributed by atoms with Crippen LogP contribution in [0.4, 0.5) is 4.79 Å². The number of carbonyl (C=O) groups is 2. The SMILES string of the molecule is CCCN(CCC)C(=O)NC(Cc1ccccc1)C(=O)O. The Balaban J connectivity index is 2.69. The number of benzene rings is 1. The Labute approximate surface area is 126 Å². The zero-order valence-corrected chi connectivity index (χ0v) is 12.7. The molecule has 2 N–H and O–H groups in total. The first-order chi connectivity index (χ1) is 10.1. The van der Waals surface area contributed by atoms with Crippen molar-refractivity contribution in [3.8, 4) is 0 Å². The van der Waals surface area contributed by atoms with Gasteiger partial charge in [-0.1, -0.05) is 44.2 Å². The molecule has 0 heterocycles. The highest BCUT2D eigenvalue weighted by Gasteiger charge is 2.22. The number of urea groups is 1. The first-order valence-electron chi connectivity index (χ1n) is 7.40. The van der Waals surface area contributed by atoms with Crippen molar-refractivity contribution in [3.63, 3.8) is 0 Å². The van der Waals surface area contributed by atoms with Crippen molar-refractivity contribution in [2.75, 3.05) is 13.1 Å². The molecule has 0 saturated heterocycles. The van der Waals surface area contributed by atoms with E-state index in [2.05, 4.69) is 5.32 Å². The van der Waals surface area contributed by atoms with Crippen LogP contribution >= 0.6 is 0 Å². The van der Waals surface area contributed by atoms with Crippen LogP contribution in [0.5, 0.6) is 0 Å². The number of hydrogen-bond acceptors (Lipinski definition) is 2. The van der Waals surface area contributed by atoms with Gasteiger partial charge >= 0.3 is 12.0 Å². The van der Waals surface area contributed by atoms with Gasteiger partial charge < -0.3 is 15.3 Å². The minimum Gasteiger partial charge on any atom is -0.480 e. The molecule has 1 unspecified atom stereocenters. The summed E-state index contributed by atoms with van der Waals surface area (Å²) in [6.07, 6.45) is 1.99. The minimum atomic E-state index is -1.01. The summed E-state index contributed by atoms with van der Waals surface area (Å²) in [5.74, 6) is -1.01. The van der Waals surface area contributed by atoms with Crippen molar-refractivity contribution in [1.82, 2.24) is 10.2 Å². The van der Waals surface area contributed by atoms with Gasteiger partial charge in [0.25, 0.3) is 0 Å². The van der Waals surface area contributed by atoms with Crippen LogP contribution in [-0.4, -0.2) is 41.1 Å². The molecule has 21 heavy (non-hydrogen) atoms. The van der Waals surface area contributed by atoms with Crippen molar-refractivity contribution in [2.45, 2.75) is 39.2 Å². The monoisotopic (exact) mass is 292 g/mol. The fourth-order valence-corrected chi connectivity index (χ4v) is 2.14. The lowest BCUT2D eigenvalue weighted by Gasteiger charge is -2.24. The van der Waals surface area contributed by atoms with E-state index in [-0.39, 0.29) is 12.5 Å². The van der Waals surface area contributed by atoms with E-state index in [1.54, 1.807) is 4.90 Å². The molecule has 0 aliphatic carbocycles. The second kappa shape index (κ2) is 9.00. The molecule has 0 bridgehead atoms. The van der Waals surface area contributed by atoms with E-state index in [9.17, 15) is 14.7 Å². The average Bonchev–Trinajstić information content (AvgIpc) is 2.47. The van der Waals surface area contributed by atoms with Gasteiger partial charge in [0.1, 0.15) is 6.04 Å². The van der Waals surface area contributed by atoms with Gasteiger partial charge in [0.15, 0.2) is 0 Å². The van der Waals surface area contributed by atoms with Crippen LogP contribution in [0.3, 0.4) is 0 Å². The highest BCUT2D eigenvalue weighted by molar-refractivity contribution is 5.82. The molecule has 0 aliphatic heterocycles. The van der Waals surface area contributed by atoms with E-state index in [0.29, 0.717) is 13.1 Å². The molecule has 5 nitrogen and oxygen atoms in total. The highest BCUT2D eigenvalue weighted by Crippen LogP contribution is 2.05. The molecule has 2 amide bonds. The molecule has 0 aromatic heterocycles. The molecule has 116 valence electrons. The summed E-state index contributed by atoms with van der Waals surface area (Å²) in [6, 6.07) is 8.10. The van der Waals surface area contributed by atoms with E-state index in [1.165, 1.54) is 0 Å².